The number of methoxy groups -OCH3 is 2. The molecule has 37 heavy (non-hydrogen) atoms. The summed E-state index contributed by atoms with van der Waals surface area (Å²) in [6.45, 7) is 0.362. The molecule has 0 saturated heterocycles. The average Bonchev–Trinajstić information content (AvgIpc) is 3.64. The molecule has 4 aromatic heterocycles. The van der Waals surface area contributed by atoms with Crippen molar-refractivity contribution in [2.75, 3.05) is 18.9 Å². The quantitative estimate of drug-likeness (QED) is 0.315. The summed E-state index contributed by atoms with van der Waals surface area (Å²) < 4.78 is 48.7. The number of nitrogens with one attached hydrogen (secondary N) is 1. The Labute approximate surface area is 211 Å². The monoisotopic (exact) mass is 520 g/mol. The zero-order chi connectivity index (χ0) is 26.0. The predicted molar refractivity (Wildman–Crippen MR) is 130 cm³/mol. The maximum Gasteiger partial charge on any atom is 0.266 e. The number of nitrogens with zero attached hydrogens (tertiary/aromatic N) is 7. The Kier molecular flexibility index (Phi) is 6.20. The number of benzene rings is 1. The Balaban J connectivity index is 1.50. The number of aromatic nitrogens is 7. The van der Waals surface area contributed by atoms with Crippen LogP contribution in [0.4, 0.5) is 5.82 Å². The van der Waals surface area contributed by atoms with Crippen LogP contribution in [0.1, 0.15) is 17.1 Å². The fourth-order valence-corrected chi connectivity index (χ4v) is 4.71. The van der Waals surface area contributed by atoms with Crippen molar-refractivity contribution in [3.63, 3.8) is 0 Å². The fraction of sp³-hybridized carbons (Fsp3) is 0.174. The van der Waals surface area contributed by atoms with Crippen molar-refractivity contribution in [1.82, 2.24) is 34.7 Å². The first-order chi connectivity index (χ1) is 17.9. The van der Waals surface area contributed by atoms with Crippen molar-refractivity contribution in [2.24, 2.45) is 7.05 Å². The third kappa shape index (κ3) is 4.80. The number of pyridine rings is 1. The minimum atomic E-state index is -4.19. The highest BCUT2D eigenvalue weighted by molar-refractivity contribution is 7.92. The molecule has 0 aliphatic heterocycles. The Morgan fingerprint density at radius 2 is 2.03 bits per heavy atom. The van der Waals surface area contributed by atoms with Crippen LogP contribution in [0.25, 0.3) is 11.0 Å². The number of fused-ring (bicyclic) bond motifs is 1. The second-order valence-corrected chi connectivity index (χ2v) is 9.37. The van der Waals surface area contributed by atoms with E-state index in [4.69, 9.17) is 14.0 Å². The summed E-state index contributed by atoms with van der Waals surface area (Å²) in [6, 6.07) is 7.99. The maximum absolute atomic E-state index is 13.4. The third-order valence-electron chi connectivity index (χ3n) is 5.27. The zero-order valence-electron chi connectivity index (χ0n) is 19.9. The first kappa shape index (κ1) is 23.8. The van der Waals surface area contributed by atoms with Gasteiger partial charge in [-0.3, -0.25) is 9.40 Å². The Morgan fingerprint density at radius 3 is 2.73 bits per heavy atom. The van der Waals surface area contributed by atoms with Crippen LogP contribution >= 0.6 is 0 Å². The molecule has 1 N–H and O–H groups in total. The molecule has 5 aromatic rings. The summed E-state index contributed by atoms with van der Waals surface area (Å²) in [5.74, 6) is 6.36. The minimum Gasteiger partial charge on any atom is -0.495 e. The zero-order valence-corrected chi connectivity index (χ0v) is 20.7. The van der Waals surface area contributed by atoms with Gasteiger partial charge in [-0.1, -0.05) is 11.1 Å². The summed E-state index contributed by atoms with van der Waals surface area (Å²) in [6.07, 6.45) is 4.96. The van der Waals surface area contributed by atoms with Crippen molar-refractivity contribution < 1.29 is 22.4 Å². The summed E-state index contributed by atoms with van der Waals surface area (Å²) in [4.78, 5) is 4.32. The second-order valence-electron chi connectivity index (χ2n) is 7.72. The van der Waals surface area contributed by atoms with Gasteiger partial charge in [-0.25, -0.2) is 13.4 Å². The van der Waals surface area contributed by atoms with E-state index in [1.54, 1.807) is 46.9 Å². The van der Waals surface area contributed by atoms with E-state index in [0.717, 1.165) is 0 Å². The Bertz CT molecular complexity index is 1750. The molecule has 4 heterocycles. The van der Waals surface area contributed by atoms with Crippen LogP contribution in [-0.4, -0.2) is 57.3 Å². The first-order valence-corrected chi connectivity index (χ1v) is 12.2. The second kappa shape index (κ2) is 9.63. The highest BCUT2D eigenvalue weighted by Crippen LogP contribution is 2.34. The van der Waals surface area contributed by atoms with E-state index >= 15 is 0 Å². The number of ether oxygens (including phenoxy) is 2. The molecule has 0 bridgehead atoms. The number of sulfonamides is 1. The van der Waals surface area contributed by atoms with Crippen LogP contribution in [0.2, 0.25) is 0 Å². The van der Waals surface area contributed by atoms with Gasteiger partial charge in [0.2, 0.25) is 11.7 Å². The van der Waals surface area contributed by atoms with Crippen LogP contribution in [0.3, 0.4) is 0 Å². The molecule has 13 nitrogen and oxygen atoms in total. The highest BCUT2D eigenvalue weighted by atomic mass is 32.2. The van der Waals surface area contributed by atoms with Gasteiger partial charge in [0.15, 0.2) is 11.4 Å². The number of anilines is 1. The van der Waals surface area contributed by atoms with Crippen LogP contribution in [0.15, 0.2) is 58.5 Å². The Hall–Kier alpha value is -4.90. The standard InChI is InChI=1S/C23H20N8O5S/c1-30-14-24-27-20(30)8-6-15-5-7-17(34-2)19(11-15)37(32,33)29-22-21-18(36-28-22)12-16(26-23(21)35-3)13-31-10-4-9-25-31/h4-5,7,9-12,14H,13H2,1-3H3,(H,28,29). The van der Waals surface area contributed by atoms with E-state index in [2.05, 4.69) is 42.0 Å². The SMILES string of the molecule is COc1ccc(C#Cc2nncn2C)cc1S(=O)(=O)Nc1noc2cc(Cn3cccn3)nc(OC)c12. The molecule has 0 fully saturated rings. The van der Waals surface area contributed by atoms with Gasteiger partial charge in [0, 0.05) is 31.1 Å². The molecule has 0 atom stereocenters. The normalized spacial score (nSPS) is 11.2. The van der Waals surface area contributed by atoms with Crippen molar-refractivity contribution in [3.8, 4) is 23.5 Å². The molecule has 0 aliphatic carbocycles. The van der Waals surface area contributed by atoms with Gasteiger partial charge < -0.3 is 18.6 Å². The lowest BCUT2D eigenvalue weighted by atomic mass is 10.2. The van der Waals surface area contributed by atoms with E-state index in [1.807, 2.05) is 0 Å². The lowest BCUT2D eigenvalue weighted by Crippen LogP contribution is -2.15. The van der Waals surface area contributed by atoms with Gasteiger partial charge in [-0.2, -0.15) is 5.10 Å². The van der Waals surface area contributed by atoms with E-state index in [0.29, 0.717) is 29.2 Å². The molecule has 188 valence electrons. The predicted octanol–water partition coefficient (Wildman–Crippen LogP) is 1.81. The summed E-state index contributed by atoms with van der Waals surface area (Å²) in [7, 11) is 0.359. The number of rotatable bonds is 7. The van der Waals surface area contributed by atoms with E-state index in [-0.39, 0.29) is 27.7 Å². The molecule has 0 amide bonds. The summed E-state index contributed by atoms with van der Waals surface area (Å²) in [5, 5.41) is 16.0. The van der Waals surface area contributed by atoms with Crippen LogP contribution in [0, 0.1) is 11.8 Å². The molecule has 0 unspecified atom stereocenters. The van der Waals surface area contributed by atoms with Gasteiger partial charge in [0.1, 0.15) is 22.4 Å². The first-order valence-electron chi connectivity index (χ1n) is 10.8. The maximum atomic E-state index is 13.4. The molecule has 0 aliphatic rings. The van der Waals surface area contributed by atoms with Crippen LogP contribution in [-0.2, 0) is 23.6 Å². The average molecular weight is 521 g/mol. The largest absolute Gasteiger partial charge is 0.495 e. The molecule has 5 rings (SSSR count). The van der Waals surface area contributed by atoms with E-state index < -0.39 is 10.0 Å². The lowest BCUT2D eigenvalue weighted by Gasteiger charge is -2.11. The Morgan fingerprint density at radius 1 is 1.16 bits per heavy atom. The topological polar surface area (TPSA) is 152 Å². The van der Waals surface area contributed by atoms with Gasteiger partial charge in [0.05, 0.1) is 26.5 Å². The van der Waals surface area contributed by atoms with Gasteiger partial charge in [-0.15, -0.1) is 10.2 Å². The van der Waals surface area contributed by atoms with E-state index in [1.165, 1.54) is 32.7 Å². The van der Waals surface area contributed by atoms with E-state index in [9.17, 15) is 8.42 Å². The summed E-state index contributed by atoms with van der Waals surface area (Å²) in [5.41, 5.74) is 1.31. The third-order valence-corrected chi connectivity index (χ3v) is 6.63. The highest BCUT2D eigenvalue weighted by Gasteiger charge is 2.25. The number of hydrogen-bond acceptors (Lipinski definition) is 10. The van der Waals surface area contributed by atoms with Gasteiger partial charge in [-0.05, 0) is 30.2 Å². The van der Waals surface area contributed by atoms with Crippen LogP contribution < -0.4 is 14.2 Å². The fourth-order valence-electron chi connectivity index (χ4n) is 3.51. The molecular weight excluding hydrogens is 500 g/mol. The van der Waals surface area contributed by atoms with Crippen LogP contribution in [0.5, 0.6) is 11.6 Å². The summed E-state index contributed by atoms with van der Waals surface area (Å²) >= 11 is 0. The van der Waals surface area contributed by atoms with Crippen molar-refractivity contribution in [1.29, 1.82) is 0 Å². The number of hydrogen-bond donors (Lipinski definition) is 1. The molecule has 1 aromatic carbocycles. The molecular formula is C23H20N8O5S. The smallest absolute Gasteiger partial charge is 0.266 e. The van der Waals surface area contributed by atoms with Gasteiger partial charge in [0.25, 0.3) is 10.0 Å². The van der Waals surface area contributed by atoms with Crippen molar-refractivity contribution in [3.05, 3.63) is 66.1 Å². The van der Waals surface area contributed by atoms with Gasteiger partial charge >= 0.3 is 0 Å². The molecule has 0 radical (unpaired) electrons. The molecule has 0 spiro atoms. The molecule has 14 heteroatoms. The lowest BCUT2D eigenvalue weighted by molar-refractivity contribution is 0.400. The van der Waals surface area contributed by atoms with Crippen molar-refractivity contribution >= 4 is 26.8 Å². The number of aryl methyl sites for hydroxylation is 1. The minimum absolute atomic E-state index is 0.0809. The molecule has 0 saturated carbocycles. The van der Waals surface area contributed by atoms with Crippen molar-refractivity contribution in [2.45, 2.75) is 11.4 Å².